The van der Waals surface area contributed by atoms with Crippen LogP contribution in [0.15, 0.2) is 60.8 Å². The molecule has 0 bridgehead atoms. The predicted molar refractivity (Wildman–Crippen MR) is 117 cm³/mol. The minimum absolute atomic E-state index is 0.0817. The molecule has 1 N–H and O–H groups in total. The number of piperazine rings is 1. The zero-order valence-electron chi connectivity index (χ0n) is 17.2. The molecule has 2 heterocycles. The molecule has 0 aliphatic carbocycles. The third kappa shape index (κ3) is 5.14. The van der Waals surface area contributed by atoms with Crippen molar-refractivity contribution >= 4 is 17.3 Å². The van der Waals surface area contributed by atoms with Crippen LogP contribution in [0.4, 0.5) is 30.5 Å². The molecule has 162 valence electrons. The summed E-state index contributed by atoms with van der Waals surface area (Å²) in [6, 6.07) is 16.7. The number of rotatable bonds is 5. The van der Waals surface area contributed by atoms with Gasteiger partial charge in [-0.05, 0) is 41.9 Å². The topological polar surface area (TPSA) is 44.3 Å². The number of hydrogen-bond donors (Lipinski definition) is 1. The molecule has 0 spiro atoms. The number of halogens is 3. The summed E-state index contributed by atoms with van der Waals surface area (Å²) >= 11 is 0. The van der Waals surface area contributed by atoms with Crippen molar-refractivity contribution in [1.29, 1.82) is 0 Å². The summed E-state index contributed by atoms with van der Waals surface area (Å²) in [7, 11) is 0. The van der Waals surface area contributed by atoms with E-state index >= 15 is 0 Å². The Bertz CT molecular complexity index is 1020. The molecular formula is C23H24F3N5. The maximum absolute atomic E-state index is 13.0. The largest absolute Gasteiger partial charge is 0.433 e. The van der Waals surface area contributed by atoms with Gasteiger partial charge in [-0.15, -0.1) is 0 Å². The van der Waals surface area contributed by atoms with Crippen molar-refractivity contribution in [1.82, 2.24) is 14.9 Å². The van der Waals surface area contributed by atoms with Crippen LogP contribution in [0.25, 0.3) is 11.1 Å². The van der Waals surface area contributed by atoms with E-state index in [1.54, 1.807) is 0 Å². The van der Waals surface area contributed by atoms with Crippen LogP contribution in [0.1, 0.15) is 12.6 Å². The van der Waals surface area contributed by atoms with Gasteiger partial charge in [0.2, 0.25) is 5.95 Å². The van der Waals surface area contributed by atoms with Crippen molar-refractivity contribution in [3.8, 4) is 11.1 Å². The monoisotopic (exact) mass is 427 g/mol. The Hall–Kier alpha value is -3.13. The van der Waals surface area contributed by atoms with Crippen molar-refractivity contribution in [2.24, 2.45) is 0 Å². The van der Waals surface area contributed by atoms with Gasteiger partial charge in [-0.1, -0.05) is 37.3 Å². The molecule has 0 amide bonds. The van der Waals surface area contributed by atoms with Crippen LogP contribution in [0.2, 0.25) is 0 Å². The zero-order chi connectivity index (χ0) is 21.8. The number of nitrogens with one attached hydrogen (secondary N) is 1. The Morgan fingerprint density at radius 2 is 1.68 bits per heavy atom. The van der Waals surface area contributed by atoms with Gasteiger partial charge in [-0.3, -0.25) is 0 Å². The molecule has 0 unspecified atom stereocenters. The molecular weight excluding hydrogens is 403 g/mol. The Balaban J connectivity index is 1.67. The summed E-state index contributed by atoms with van der Waals surface area (Å²) in [5.74, 6) is -0.0817. The Morgan fingerprint density at radius 3 is 2.35 bits per heavy atom. The molecule has 4 rings (SSSR count). The normalized spacial score (nSPS) is 15.2. The van der Waals surface area contributed by atoms with E-state index in [2.05, 4.69) is 38.1 Å². The summed E-state index contributed by atoms with van der Waals surface area (Å²) in [6.07, 6.45) is -3.40. The van der Waals surface area contributed by atoms with Crippen LogP contribution in [0, 0.1) is 0 Å². The summed E-state index contributed by atoms with van der Waals surface area (Å²) in [5.41, 5.74) is 2.70. The molecule has 5 nitrogen and oxygen atoms in total. The maximum atomic E-state index is 13.0. The molecule has 0 saturated carbocycles. The maximum Gasteiger partial charge on any atom is 0.433 e. The molecule has 2 aromatic carbocycles. The quantitative estimate of drug-likeness (QED) is 0.618. The average Bonchev–Trinajstić information content (AvgIpc) is 2.79. The fourth-order valence-electron chi connectivity index (χ4n) is 3.69. The van der Waals surface area contributed by atoms with Gasteiger partial charge in [0.25, 0.3) is 0 Å². The summed E-state index contributed by atoms with van der Waals surface area (Å²) in [5, 5.41) is 2.97. The third-order valence-corrected chi connectivity index (χ3v) is 5.41. The molecule has 8 heteroatoms. The van der Waals surface area contributed by atoms with Crippen LogP contribution in [-0.4, -0.2) is 47.6 Å². The number of aromatic nitrogens is 2. The molecule has 3 aromatic rings. The molecule has 0 atom stereocenters. The highest BCUT2D eigenvalue weighted by molar-refractivity contribution is 5.76. The van der Waals surface area contributed by atoms with Gasteiger partial charge in [0.05, 0.1) is 0 Å². The summed E-state index contributed by atoms with van der Waals surface area (Å²) in [4.78, 5) is 12.3. The number of alkyl halides is 3. The van der Waals surface area contributed by atoms with Crippen LogP contribution in [-0.2, 0) is 6.18 Å². The van der Waals surface area contributed by atoms with Crippen molar-refractivity contribution in [3.63, 3.8) is 0 Å². The van der Waals surface area contributed by atoms with Gasteiger partial charge in [0, 0.05) is 43.8 Å². The number of anilines is 3. The molecule has 1 aromatic heterocycles. The SMILES string of the molecule is CCN1CCN(c2cc(Nc3nccc(C(F)(F)F)n3)cc(-c3ccccc3)c2)CC1. The zero-order valence-corrected chi connectivity index (χ0v) is 17.2. The van der Waals surface area contributed by atoms with Gasteiger partial charge in [0.1, 0.15) is 5.69 Å². The van der Waals surface area contributed by atoms with Gasteiger partial charge < -0.3 is 15.1 Å². The van der Waals surface area contributed by atoms with Crippen molar-refractivity contribution in [2.45, 2.75) is 13.1 Å². The highest BCUT2D eigenvalue weighted by atomic mass is 19.4. The molecule has 1 saturated heterocycles. The highest BCUT2D eigenvalue weighted by Gasteiger charge is 2.32. The number of nitrogens with zero attached hydrogens (tertiary/aromatic N) is 4. The summed E-state index contributed by atoms with van der Waals surface area (Å²) < 4.78 is 39.1. The predicted octanol–water partition coefficient (Wildman–Crippen LogP) is 5.05. The lowest BCUT2D eigenvalue weighted by molar-refractivity contribution is -0.141. The second-order valence-corrected chi connectivity index (χ2v) is 7.44. The standard InChI is InChI=1S/C23H24F3N5/c1-2-30-10-12-31(13-11-30)20-15-18(17-6-4-3-5-7-17)14-19(16-20)28-22-27-9-8-21(29-22)23(24,25)26/h3-9,14-16H,2,10-13H2,1H3,(H,27,28,29). The lowest BCUT2D eigenvalue weighted by atomic mass is 10.0. The van der Waals surface area contributed by atoms with E-state index in [0.717, 1.165) is 61.8 Å². The van der Waals surface area contributed by atoms with Crippen LogP contribution >= 0.6 is 0 Å². The van der Waals surface area contributed by atoms with Gasteiger partial charge in [0.15, 0.2) is 0 Å². The van der Waals surface area contributed by atoms with Crippen molar-refractivity contribution < 1.29 is 13.2 Å². The van der Waals surface area contributed by atoms with Gasteiger partial charge in [-0.2, -0.15) is 13.2 Å². The van der Waals surface area contributed by atoms with E-state index in [1.165, 1.54) is 0 Å². The summed E-state index contributed by atoms with van der Waals surface area (Å²) in [6.45, 7) is 6.93. The number of likely N-dealkylation sites (N-methyl/N-ethyl adjacent to an activating group) is 1. The molecule has 1 fully saturated rings. The van der Waals surface area contributed by atoms with E-state index in [4.69, 9.17) is 0 Å². The fourth-order valence-corrected chi connectivity index (χ4v) is 3.69. The second kappa shape index (κ2) is 8.93. The van der Waals surface area contributed by atoms with E-state index in [-0.39, 0.29) is 5.95 Å². The first-order valence-corrected chi connectivity index (χ1v) is 10.3. The van der Waals surface area contributed by atoms with Crippen LogP contribution < -0.4 is 10.2 Å². The second-order valence-electron chi connectivity index (χ2n) is 7.44. The molecule has 1 aliphatic rings. The van der Waals surface area contributed by atoms with Crippen LogP contribution in [0.5, 0.6) is 0 Å². The van der Waals surface area contributed by atoms with E-state index < -0.39 is 11.9 Å². The first-order valence-electron chi connectivity index (χ1n) is 10.3. The van der Waals surface area contributed by atoms with E-state index in [9.17, 15) is 13.2 Å². The number of benzene rings is 2. The highest BCUT2D eigenvalue weighted by Crippen LogP contribution is 2.32. The lowest BCUT2D eigenvalue weighted by Crippen LogP contribution is -2.46. The average molecular weight is 427 g/mol. The smallest absolute Gasteiger partial charge is 0.369 e. The van der Waals surface area contributed by atoms with Crippen molar-refractivity contribution in [3.05, 3.63) is 66.5 Å². The lowest BCUT2D eigenvalue weighted by Gasteiger charge is -2.36. The Kier molecular flexibility index (Phi) is 6.08. The van der Waals surface area contributed by atoms with Crippen LogP contribution in [0.3, 0.4) is 0 Å². The van der Waals surface area contributed by atoms with E-state index in [0.29, 0.717) is 5.69 Å². The molecule has 1 aliphatic heterocycles. The Labute approximate surface area is 179 Å². The minimum Gasteiger partial charge on any atom is -0.369 e. The Morgan fingerprint density at radius 1 is 0.935 bits per heavy atom. The fraction of sp³-hybridized carbons (Fsp3) is 0.304. The third-order valence-electron chi connectivity index (χ3n) is 5.41. The first-order chi connectivity index (χ1) is 14.9. The minimum atomic E-state index is -4.52. The molecule has 0 radical (unpaired) electrons. The van der Waals surface area contributed by atoms with Gasteiger partial charge >= 0.3 is 6.18 Å². The number of hydrogen-bond acceptors (Lipinski definition) is 5. The molecule has 31 heavy (non-hydrogen) atoms. The first kappa shape index (κ1) is 21.1. The van der Waals surface area contributed by atoms with E-state index in [1.807, 2.05) is 42.5 Å². The van der Waals surface area contributed by atoms with Crippen molar-refractivity contribution in [2.75, 3.05) is 42.9 Å². The van der Waals surface area contributed by atoms with Gasteiger partial charge in [-0.25, -0.2) is 9.97 Å².